The van der Waals surface area contributed by atoms with Crippen LogP contribution in [0.4, 0.5) is 0 Å². The molecule has 0 spiro atoms. The van der Waals surface area contributed by atoms with E-state index in [0.29, 0.717) is 0 Å². The van der Waals surface area contributed by atoms with Crippen molar-refractivity contribution in [3.05, 3.63) is 108 Å². The van der Waals surface area contributed by atoms with E-state index in [2.05, 4.69) is 145 Å². The van der Waals surface area contributed by atoms with Gasteiger partial charge in [0.05, 0.1) is 12.1 Å². The van der Waals surface area contributed by atoms with Crippen LogP contribution in [-0.2, 0) is 18.5 Å². The average Bonchev–Trinajstić information content (AvgIpc) is 3.10. The highest BCUT2D eigenvalue weighted by Gasteiger charge is 2.49. The van der Waals surface area contributed by atoms with Crippen molar-refractivity contribution < 1.29 is 18.5 Å². The molecule has 1 saturated carbocycles. The van der Waals surface area contributed by atoms with Crippen LogP contribution in [-0.4, -0.2) is 39.9 Å². The number of carbonyl (C=O) groups is 1. The first kappa shape index (κ1) is 38.2. The molecule has 0 saturated heterocycles. The lowest BCUT2D eigenvalue weighted by Crippen LogP contribution is -2.54. The number of hydrogen-bond acceptors (Lipinski definition) is 5. The second-order valence-corrected chi connectivity index (χ2v) is 24.6. The molecule has 7 heteroatoms. The Kier molecular flexibility index (Phi) is 13.5. The van der Waals surface area contributed by atoms with Crippen LogP contribution in [0.1, 0.15) is 109 Å². The molecule has 3 aromatic rings. The molecule has 0 bridgehead atoms. The van der Waals surface area contributed by atoms with Gasteiger partial charge in [-0.2, -0.15) is 5.06 Å². The third kappa shape index (κ3) is 9.16. The summed E-state index contributed by atoms with van der Waals surface area (Å²) in [5.74, 6) is -0.0962. The Morgan fingerprint density at radius 2 is 1.29 bits per heavy atom. The molecule has 3 aromatic carbocycles. The van der Waals surface area contributed by atoms with Crippen LogP contribution >= 0.6 is 0 Å². The third-order valence-electron chi connectivity index (χ3n) is 11.2. The molecular weight excluding hydrogens is 627 g/mol. The normalized spacial score (nSPS) is 19.5. The molecule has 1 aliphatic rings. The fraction of sp³-hybridized carbons (Fsp3) is 0.537. The fourth-order valence-corrected chi connectivity index (χ4v) is 10.6. The molecule has 0 amide bonds. The van der Waals surface area contributed by atoms with Gasteiger partial charge in [-0.3, -0.25) is 0 Å². The predicted molar refractivity (Wildman–Crippen MR) is 204 cm³/mol. The molecule has 0 heterocycles. The molecule has 1 aliphatic carbocycles. The molecule has 262 valence electrons. The van der Waals surface area contributed by atoms with Gasteiger partial charge >= 0.3 is 5.97 Å². The summed E-state index contributed by atoms with van der Waals surface area (Å²) in [5, 5.41) is 2.07. The highest BCUT2D eigenvalue weighted by Crippen LogP contribution is 2.44. The van der Waals surface area contributed by atoms with E-state index in [1.54, 1.807) is 0 Å². The van der Waals surface area contributed by atoms with Gasteiger partial charge in [-0.25, -0.2) is 4.79 Å². The van der Waals surface area contributed by atoms with Crippen molar-refractivity contribution in [3.63, 3.8) is 0 Å². The number of hydrogen-bond donors (Lipinski definition) is 0. The van der Waals surface area contributed by atoms with E-state index in [1.807, 2.05) is 12.1 Å². The monoisotopic (exact) mass is 687 g/mol. The molecule has 0 N–H and O–H groups in total. The summed E-state index contributed by atoms with van der Waals surface area (Å²) in [4.78, 5) is 15.1. The summed E-state index contributed by atoms with van der Waals surface area (Å²) in [6.45, 7) is 20.2. The predicted octanol–water partition coefficient (Wildman–Crippen LogP) is 11.4. The van der Waals surface area contributed by atoms with E-state index in [1.165, 1.54) is 5.56 Å². The molecule has 48 heavy (non-hydrogen) atoms. The minimum atomic E-state index is -2.39. The summed E-state index contributed by atoms with van der Waals surface area (Å²) in [7, 11) is -4.70. The summed E-state index contributed by atoms with van der Waals surface area (Å²) in [5.41, 5.74) is 3.37. The number of ether oxygens (including phenoxy) is 1. The maximum atomic E-state index is 15.1. The molecule has 5 nitrogen and oxygen atoms in total. The Hall–Kier alpha value is -2.56. The molecule has 0 radical (unpaired) electrons. The Morgan fingerprint density at radius 1 is 0.792 bits per heavy atom. The second-order valence-electron chi connectivity index (χ2n) is 15.2. The van der Waals surface area contributed by atoms with Gasteiger partial charge in [0.15, 0.2) is 14.4 Å². The van der Waals surface area contributed by atoms with Crippen molar-refractivity contribution >= 4 is 22.6 Å². The minimum absolute atomic E-state index is 0.0560. The molecule has 4 rings (SSSR count). The van der Waals surface area contributed by atoms with E-state index in [0.717, 1.165) is 54.9 Å². The maximum Gasteiger partial charge on any atom is 0.336 e. The van der Waals surface area contributed by atoms with Gasteiger partial charge in [-0.1, -0.05) is 139 Å². The van der Waals surface area contributed by atoms with Gasteiger partial charge in [0.2, 0.25) is 8.32 Å². The van der Waals surface area contributed by atoms with Gasteiger partial charge < -0.3 is 13.7 Å². The average molecular weight is 688 g/mol. The van der Waals surface area contributed by atoms with Gasteiger partial charge in [0.1, 0.15) is 6.10 Å². The summed E-state index contributed by atoms with van der Waals surface area (Å²) in [6, 6.07) is 33.6. The molecular formula is C41H61NO4Si2. The largest absolute Gasteiger partial charge is 0.460 e. The first-order valence-corrected chi connectivity index (χ1v) is 23.8. The number of hydroxylamine groups is 2. The fourth-order valence-electron chi connectivity index (χ4n) is 6.81. The number of benzene rings is 3. The van der Waals surface area contributed by atoms with Crippen molar-refractivity contribution in [1.29, 1.82) is 0 Å². The Balaban J connectivity index is 1.88. The van der Waals surface area contributed by atoms with Crippen molar-refractivity contribution in [1.82, 2.24) is 5.06 Å². The molecule has 0 aromatic heterocycles. The number of nitrogens with zero attached hydrogens (tertiary/aromatic N) is 1. The first-order chi connectivity index (χ1) is 22.9. The van der Waals surface area contributed by atoms with Crippen LogP contribution in [0.25, 0.3) is 0 Å². The summed E-state index contributed by atoms with van der Waals surface area (Å²) < 4.78 is 21.5. The molecule has 0 aliphatic heterocycles. The molecule has 5 atom stereocenters. The smallest absolute Gasteiger partial charge is 0.336 e. The van der Waals surface area contributed by atoms with Gasteiger partial charge in [-0.15, -0.1) is 0 Å². The van der Waals surface area contributed by atoms with E-state index in [-0.39, 0.29) is 29.1 Å². The SMILES string of the molecule is CC[Si](CC)(CC)O[C@H](C(=O)O[C@@H]1CCCC[C@H]1c1ccccc1)[C@H](c1ccccc1)N(O[Si](C)(C)C(C)(C)C)[C@H](C)c1ccccc1. The minimum Gasteiger partial charge on any atom is -0.460 e. The Morgan fingerprint density at radius 3 is 1.81 bits per heavy atom. The molecule has 0 unspecified atom stereocenters. The number of carbonyl (C=O) groups excluding carboxylic acids is 1. The lowest BCUT2D eigenvalue weighted by Gasteiger charge is -2.48. The highest BCUT2D eigenvalue weighted by atomic mass is 28.4. The van der Waals surface area contributed by atoms with Gasteiger partial charge in [-0.05, 0) is 79.1 Å². The van der Waals surface area contributed by atoms with Crippen LogP contribution in [0.2, 0.25) is 36.3 Å². The van der Waals surface area contributed by atoms with E-state index in [9.17, 15) is 0 Å². The Labute approximate surface area is 293 Å². The topological polar surface area (TPSA) is 48.0 Å². The van der Waals surface area contributed by atoms with E-state index >= 15 is 4.79 Å². The van der Waals surface area contributed by atoms with Crippen molar-refractivity contribution in [2.75, 3.05) is 0 Å². The summed E-state index contributed by atoms with van der Waals surface area (Å²) in [6.07, 6.45) is 3.01. The lowest BCUT2D eigenvalue weighted by atomic mass is 9.81. The quantitative estimate of drug-likeness (QED) is 0.0904. The highest BCUT2D eigenvalue weighted by molar-refractivity contribution is 6.74. The van der Waals surface area contributed by atoms with Crippen LogP contribution in [0.3, 0.4) is 0 Å². The van der Waals surface area contributed by atoms with Crippen molar-refractivity contribution in [2.45, 2.75) is 141 Å². The second kappa shape index (κ2) is 16.9. The van der Waals surface area contributed by atoms with Gasteiger partial charge in [0.25, 0.3) is 0 Å². The maximum absolute atomic E-state index is 15.1. The van der Waals surface area contributed by atoms with Crippen LogP contribution in [0, 0.1) is 0 Å². The van der Waals surface area contributed by atoms with Crippen LogP contribution in [0.5, 0.6) is 0 Å². The zero-order chi connectivity index (χ0) is 35.0. The number of esters is 1. The van der Waals surface area contributed by atoms with Crippen LogP contribution in [0.15, 0.2) is 91.0 Å². The first-order valence-electron chi connectivity index (χ1n) is 18.4. The molecule has 1 fully saturated rings. The summed E-state index contributed by atoms with van der Waals surface area (Å²) >= 11 is 0. The van der Waals surface area contributed by atoms with E-state index in [4.69, 9.17) is 13.7 Å². The number of rotatable bonds is 15. The zero-order valence-electron chi connectivity index (χ0n) is 31.1. The standard InChI is InChI=1S/C41H61NO4Si2/c1-10-48(11-2,12-3)45-39(40(43)44-37-31-23-22-30-36(37)34-26-18-14-19-27-34)38(35-28-20-15-21-29-35)42(46-47(8,9)41(5,6)7)32(4)33-24-16-13-17-25-33/h13-21,24-29,32,36-39H,10-12,22-23,30-31H2,1-9H3/t32-,36+,37-,38+,39+/m1/s1. The van der Waals surface area contributed by atoms with E-state index < -0.39 is 28.8 Å². The zero-order valence-corrected chi connectivity index (χ0v) is 33.1. The lowest BCUT2D eigenvalue weighted by molar-refractivity contribution is -0.190. The van der Waals surface area contributed by atoms with Crippen molar-refractivity contribution in [3.8, 4) is 0 Å². The Bertz CT molecular complexity index is 1380. The third-order valence-corrected chi connectivity index (χ3v) is 20.1. The van der Waals surface area contributed by atoms with Crippen LogP contribution < -0.4 is 0 Å². The van der Waals surface area contributed by atoms with Crippen molar-refractivity contribution in [2.24, 2.45) is 0 Å². The van der Waals surface area contributed by atoms with Gasteiger partial charge in [0, 0.05) is 5.92 Å².